The second kappa shape index (κ2) is 5.33. The number of nitrogens with two attached hydrogens (primary N) is 1. The predicted molar refractivity (Wildman–Crippen MR) is 77.9 cm³/mol. The Labute approximate surface area is 118 Å². The maximum absolute atomic E-state index is 12.3. The number of anilines is 1. The Balaban J connectivity index is 1.74. The summed E-state index contributed by atoms with van der Waals surface area (Å²) in [7, 11) is 0. The molecule has 0 spiro atoms. The molecule has 102 valence electrons. The highest BCUT2D eigenvalue weighted by Crippen LogP contribution is 2.24. The van der Waals surface area contributed by atoms with E-state index in [1.54, 1.807) is 6.20 Å². The highest BCUT2D eigenvalue weighted by atomic mass is 16.2. The smallest absolute Gasteiger partial charge is 0.228 e. The van der Waals surface area contributed by atoms with Gasteiger partial charge in [-0.15, -0.1) is 0 Å². The van der Waals surface area contributed by atoms with Crippen molar-refractivity contribution in [2.24, 2.45) is 0 Å². The minimum atomic E-state index is 0.109. The lowest BCUT2D eigenvalue weighted by molar-refractivity contribution is -0.131. The van der Waals surface area contributed by atoms with Crippen molar-refractivity contribution in [3.63, 3.8) is 0 Å². The molecule has 0 unspecified atom stereocenters. The van der Waals surface area contributed by atoms with Crippen LogP contribution in [0.3, 0.4) is 0 Å². The summed E-state index contributed by atoms with van der Waals surface area (Å²) in [5.41, 5.74) is 9.94. The van der Waals surface area contributed by atoms with Crippen LogP contribution >= 0.6 is 0 Å². The van der Waals surface area contributed by atoms with Crippen LogP contribution in [0.4, 0.5) is 5.69 Å². The lowest BCUT2D eigenvalue weighted by Crippen LogP contribution is -2.37. The van der Waals surface area contributed by atoms with Gasteiger partial charge in [0.25, 0.3) is 0 Å². The van der Waals surface area contributed by atoms with Crippen LogP contribution in [0.2, 0.25) is 0 Å². The molecule has 0 bridgehead atoms. The van der Waals surface area contributed by atoms with E-state index in [9.17, 15) is 4.79 Å². The van der Waals surface area contributed by atoms with Crippen LogP contribution in [0.15, 0.2) is 42.6 Å². The first-order valence-corrected chi connectivity index (χ1v) is 6.78. The molecule has 4 nitrogen and oxygen atoms in total. The molecule has 2 heterocycles. The number of nitrogen functional groups attached to an aromatic ring is 1. The minimum Gasteiger partial charge on any atom is -0.398 e. The SMILES string of the molecule is Nc1cccc2c1CN(C(=O)Cc1ccccn1)CC2. The molecule has 0 saturated carbocycles. The molecule has 0 aliphatic carbocycles. The molecule has 1 aromatic carbocycles. The van der Waals surface area contributed by atoms with Crippen molar-refractivity contribution in [2.75, 3.05) is 12.3 Å². The molecular formula is C16H17N3O. The quantitative estimate of drug-likeness (QED) is 0.844. The van der Waals surface area contributed by atoms with Gasteiger partial charge in [0.05, 0.1) is 6.42 Å². The summed E-state index contributed by atoms with van der Waals surface area (Å²) in [6.07, 6.45) is 2.93. The van der Waals surface area contributed by atoms with Crippen molar-refractivity contribution in [1.82, 2.24) is 9.88 Å². The fourth-order valence-electron chi connectivity index (χ4n) is 2.59. The summed E-state index contributed by atoms with van der Waals surface area (Å²) in [6.45, 7) is 1.36. The number of carbonyl (C=O) groups is 1. The van der Waals surface area contributed by atoms with E-state index in [2.05, 4.69) is 11.1 Å². The molecule has 1 amide bonds. The lowest BCUT2D eigenvalue weighted by atomic mass is 9.98. The van der Waals surface area contributed by atoms with Gasteiger partial charge in [0.15, 0.2) is 0 Å². The predicted octanol–water partition coefficient (Wildman–Crippen LogP) is 1.79. The maximum Gasteiger partial charge on any atom is 0.228 e. The third-order valence-corrected chi connectivity index (χ3v) is 3.72. The molecule has 1 aromatic heterocycles. The summed E-state index contributed by atoms with van der Waals surface area (Å²) in [5.74, 6) is 0.109. The Hall–Kier alpha value is -2.36. The van der Waals surface area contributed by atoms with Crippen molar-refractivity contribution in [2.45, 2.75) is 19.4 Å². The van der Waals surface area contributed by atoms with Gasteiger partial charge in [0.2, 0.25) is 5.91 Å². The third-order valence-electron chi connectivity index (χ3n) is 3.72. The van der Waals surface area contributed by atoms with Gasteiger partial charge in [0, 0.05) is 30.7 Å². The molecule has 0 radical (unpaired) electrons. The molecule has 1 aliphatic rings. The molecule has 1 aliphatic heterocycles. The zero-order valence-electron chi connectivity index (χ0n) is 11.2. The lowest BCUT2D eigenvalue weighted by Gasteiger charge is -2.29. The highest BCUT2D eigenvalue weighted by Gasteiger charge is 2.22. The number of hydrogen-bond donors (Lipinski definition) is 1. The molecule has 0 saturated heterocycles. The second-order valence-corrected chi connectivity index (χ2v) is 5.05. The largest absolute Gasteiger partial charge is 0.398 e. The molecular weight excluding hydrogens is 250 g/mol. The zero-order valence-corrected chi connectivity index (χ0v) is 11.2. The van der Waals surface area contributed by atoms with Crippen LogP contribution in [0.5, 0.6) is 0 Å². The Kier molecular flexibility index (Phi) is 3.37. The Morgan fingerprint density at radius 3 is 2.95 bits per heavy atom. The Morgan fingerprint density at radius 2 is 2.15 bits per heavy atom. The number of aromatic nitrogens is 1. The first-order valence-electron chi connectivity index (χ1n) is 6.78. The molecule has 2 N–H and O–H groups in total. The number of hydrogen-bond acceptors (Lipinski definition) is 3. The van der Waals surface area contributed by atoms with Gasteiger partial charge in [-0.1, -0.05) is 18.2 Å². The topological polar surface area (TPSA) is 59.2 Å². The number of carbonyl (C=O) groups excluding carboxylic acids is 1. The Bertz CT molecular complexity index is 625. The molecule has 4 heteroatoms. The number of pyridine rings is 1. The van der Waals surface area contributed by atoms with Crippen molar-refractivity contribution in [3.8, 4) is 0 Å². The summed E-state index contributed by atoms with van der Waals surface area (Å²) >= 11 is 0. The molecule has 20 heavy (non-hydrogen) atoms. The molecule has 0 fully saturated rings. The van der Waals surface area contributed by atoms with E-state index in [4.69, 9.17) is 5.73 Å². The summed E-state index contributed by atoms with van der Waals surface area (Å²) in [4.78, 5) is 18.4. The van der Waals surface area contributed by atoms with E-state index in [0.29, 0.717) is 13.0 Å². The van der Waals surface area contributed by atoms with Crippen LogP contribution in [-0.2, 0) is 24.2 Å². The number of benzene rings is 1. The van der Waals surface area contributed by atoms with Gasteiger partial charge >= 0.3 is 0 Å². The first-order chi connectivity index (χ1) is 9.74. The molecule has 3 rings (SSSR count). The van der Waals surface area contributed by atoms with E-state index < -0.39 is 0 Å². The standard InChI is InChI=1S/C16H17N3O/c17-15-6-3-4-12-7-9-19(11-14(12)15)16(20)10-13-5-1-2-8-18-13/h1-6,8H,7,9-11,17H2. The van der Waals surface area contributed by atoms with Crippen molar-refractivity contribution >= 4 is 11.6 Å². The average Bonchev–Trinajstić information content (AvgIpc) is 2.48. The van der Waals surface area contributed by atoms with Crippen LogP contribution in [0.1, 0.15) is 16.8 Å². The van der Waals surface area contributed by atoms with Crippen LogP contribution < -0.4 is 5.73 Å². The summed E-state index contributed by atoms with van der Waals surface area (Å²) < 4.78 is 0. The maximum atomic E-state index is 12.3. The minimum absolute atomic E-state index is 0.109. The van der Waals surface area contributed by atoms with E-state index in [1.807, 2.05) is 35.2 Å². The van der Waals surface area contributed by atoms with Gasteiger partial charge in [0.1, 0.15) is 0 Å². The van der Waals surface area contributed by atoms with Gasteiger partial charge in [-0.2, -0.15) is 0 Å². The first kappa shape index (κ1) is 12.7. The van der Waals surface area contributed by atoms with Crippen molar-refractivity contribution < 1.29 is 4.79 Å². The summed E-state index contributed by atoms with van der Waals surface area (Å²) in [6, 6.07) is 11.6. The van der Waals surface area contributed by atoms with Crippen molar-refractivity contribution in [1.29, 1.82) is 0 Å². The summed E-state index contributed by atoms with van der Waals surface area (Å²) in [5, 5.41) is 0. The van der Waals surface area contributed by atoms with Crippen LogP contribution in [-0.4, -0.2) is 22.3 Å². The Morgan fingerprint density at radius 1 is 1.25 bits per heavy atom. The van der Waals surface area contributed by atoms with Gasteiger partial charge in [-0.3, -0.25) is 9.78 Å². The van der Waals surface area contributed by atoms with E-state index in [-0.39, 0.29) is 5.91 Å². The third kappa shape index (κ3) is 2.50. The van der Waals surface area contributed by atoms with Crippen LogP contribution in [0.25, 0.3) is 0 Å². The van der Waals surface area contributed by atoms with E-state index in [1.165, 1.54) is 5.56 Å². The average molecular weight is 267 g/mol. The fraction of sp³-hybridized carbons (Fsp3) is 0.250. The van der Waals surface area contributed by atoms with Crippen molar-refractivity contribution in [3.05, 3.63) is 59.4 Å². The number of amides is 1. The van der Waals surface area contributed by atoms with Gasteiger partial charge < -0.3 is 10.6 Å². The van der Waals surface area contributed by atoms with E-state index in [0.717, 1.165) is 29.9 Å². The monoisotopic (exact) mass is 267 g/mol. The second-order valence-electron chi connectivity index (χ2n) is 5.05. The zero-order chi connectivity index (χ0) is 13.9. The van der Waals surface area contributed by atoms with E-state index >= 15 is 0 Å². The molecule has 0 atom stereocenters. The van der Waals surface area contributed by atoms with Crippen LogP contribution in [0, 0.1) is 0 Å². The number of fused-ring (bicyclic) bond motifs is 1. The van der Waals surface area contributed by atoms with Gasteiger partial charge in [-0.05, 0) is 35.7 Å². The molecule has 2 aromatic rings. The number of nitrogens with zero attached hydrogens (tertiary/aromatic N) is 2. The normalized spacial score (nSPS) is 13.9. The highest BCUT2D eigenvalue weighted by molar-refractivity contribution is 5.79. The van der Waals surface area contributed by atoms with Gasteiger partial charge in [-0.25, -0.2) is 0 Å². The fourth-order valence-corrected chi connectivity index (χ4v) is 2.59. The number of rotatable bonds is 2.